The lowest BCUT2D eigenvalue weighted by atomic mass is 10.1. The average molecular weight is 333 g/mol. The molecule has 2 heterocycles. The maximum Gasteiger partial charge on any atom is 0.339 e. The second kappa shape index (κ2) is 6.42. The Hall–Kier alpha value is -1.98. The molecular formula is C16H13ClN2O2S. The van der Waals surface area contributed by atoms with Gasteiger partial charge in [-0.15, -0.1) is 11.3 Å². The number of hydrogen-bond donors (Lipinski definition) is 0. The smallest absolute Gasteiger partial charge is 0.339 e. The normalized spacial score (nSPS) is 10.8. The van der Waals surface area contributed by atoms with Crippen molar-refractivity contribution in [1.29, 1.82) is 0 Å². The minimum atomic E-state index is -0.393. The summed E-state index contributed by atoms with van der Waals surface area (Å²) in [5.41, 5.74) is 1.54. The molecule has 0 unspecified atom stereocenters. The van der Waals surface area contributed by atoms with Gasteiger partial charge in [-0.3, -0.25) is 0 Å². The molecule has 22 heavy (non-hydrogen) atoms. The van der Waals surface area contributed by atoms with Gasteiger partial charge in [0.05, 0.1) is 17.6 Å². The first-order valence-electron chi connectivity index (χ1n) is 6.83. The van der Waals surface area contributed by atoms with Gasteiger partial charge in [0.2, 0.25) is 0 Å². The number of halogens is 1. The molecule has 6 heteroatoms. The average Bonchev–Trinajstić information content (AvgIpc) is 2.93. The molecule has 0 aliphatic carbocycles. The summed E-state index contributed by atoms with van der Waals surface area (Å²) >= 11 is 7.64. The van der Waals surface area contributed by atoms with Gasteiger partial charge in [0, 0.05) is 11.8 Å². The molecule has 3 rings (SSSR count). The van der Waals surface area contributed by atoms with Crippen LogP contribution in [0.4, 0.5) is 0 Å². The van der Waals surface area contributed by atoms with Crippen molar-refractivity contribution in [3.8, 4) is 0 Å². The highest BCUT2D eigenvalue weighted by Gasteiger charge is 2.18. The van der Waals surface area contributed by atoms with Crippen LogP contribution < -0.4 is 0 Å². The number of thiophene rings is 1. The van der Waals surface area contributed by atoms with E-state index in [1.165, 1.54) is 11.3 Å². The summed E-state index contributed by atoms with van der Waals surface area (Å²) in [5.74, 6) is 0.246. The van der Waals surface area contributed by atoms with Crippen LogP contribution in [0.1, 0.15) is 28.7 Å². The Kier molecular flexibility index (Phi) is 4.36. The molecule has 1 aromatic carbocycles. The second-order valence-electron chi connectivity index (χ2n) is 4.64. The summed E-state index contributed by atoms with van der Waals surface area (Å²) in [6.45, 7) is 2.09. The molecule has 0 amide bonds. The number of hydrogen-bond acceptors (Lipinski definition) is 5. The Bertz CT molecular complexity index is 818. The number of esters is 1. The van der Waals surface area contributed by atoms with E-state index >= 15 is 0 Å². The van der Waals surface area contributed by atoms with Gasteiger partial charge in [0.15, 0.2) is 0 Å². The van der Waals surface area contributed by atoms with Crippen LogP contribution in [0.2, 0.25) is 5.15 Å². The third kappa shape index (κ3) is 2.96. The molecule has 0 atom stereocenters. The van der Waals surface area contributed by atoms with Gasteiger partial charge in [-0.2, -0.15) is 0 Å². The van der Waals surface area contributed by atoms with Gasteiger partial charge >= 0.3 is 5.97 Å². The minimum absolute atomic E-state index is 0.292. The number of carbonyl (C=O) groups is 1. The quantitative estimate of drug-likeness (QED) is 0.533. The molecule has 112 valence electrons. The number of aromatic nitrogens is 2. The number of ether oxygens (including phenoxy) is 1. The van der Waals surface area contributed by atoms with Crippen molar-refractivity contribution < 1.29 is 9.53 Å². The van der Waals surface area contributed by atoms with Crippen molar-refractivity contribution in [3.63, 3.8) is 0 Å². The summed E-state index contributed by atoms with van der Waals surface area (Å²) in [4.78, 5) is 21.5. The maximum absolute atomic E-state index is 11.9. The number of rotatable bonds is 4. The van der Waals surface area contributed by atoms with Crippen molar-refractivity contribution in [2.45, 2.75) is 13.3 Å². The predicted octanol–water partition coefficient (Wildman–Crippen LogP) is 4.11. The molecule has 0 spiro atoms. The third-order valence-electron chi connectivity index (χ3n) is 3.14. The highest BCUT2D eigenvalue weighted by atomic mass is 35.5. The maximum atomic E-state index is 11.9. The molecule has 3 aromatic rings. The van der Waals surface area contributed by atoms with Crippen LogP contribution in [0, 0.1) is 0 Å². The van der Waals surface area contributed by atoms with Crippen LogP contribution in [-0.2, 0) is 11.2 Å². The van der Waals surface area contributed by atoms with Gasteiger partial charge in [-0.1, -0.05) is 41.9 Å². The van der Waals surface area contributed by atoms with E-state index in [2.05, 4.69) is 9.97 Å². The summed E-state index contributed by atoms with van der Waals surface area (Å²) in [6.07, 6.45) is 0.600. The van der Waals surface area contributed by atoms with E-state index < -0.39 is 5.97 Å². The van der Waals surface area contributed by atoms with Crippen LogP contribution in [0.15, 0.2) is 35.7 Å². The molecular weight excluding hydrogens is 320 g/mol. The zero-order valence-corrected chi connectivity index (χ0v) is 13.4. The standard InChI is InChI=1S/C16H13ClN2O2S/c1-2-21-16(20)11-9-22-15-13(11)14(17)18-12(19-15)8-10-6-4-3-5-7-10/h3-7,9H,2,8H2,1H3. The fourth-order valence-corrected chi connectivity index (χ4v) is 3.43. The van der Waals surface area contributed by atoms with Crippen molar-refractivity contribution >= 4 is 39.1 Å². The van der Waals surface area contributed by atoms with E-state index in [0.717, 1.165) is 5.56 Å². The Morgan fingerprint density at radius 2 is 2.05 bits per heavy atom. The number of carbonyl (C=O) groups excluding carboxylic acids is 1. The molecule has 0 radical (unpaired) electrons. The summed E-state index contributed by atoms with van der Waals surface area (Å²) in [7, 11) is 0. The van der Waals surface area contributed by atoms with E-state index in [9.17, 15) is 4.79 Å². The lowest BCUT2D eigenvalue weighted by Gasteiger charge is -2.04. The summed E-state index contributed by atoms with van der Waals surface area (Å²) in [5, 5.41) is 2.58. The molecule has 0 bridgehead atoms. The van der Waals surface area contributed by atoms with Crippen LogP contribution in [0.3, 0.4) is 0 Å². The van der Waals surface area contributed by atoms with Crippen molar-refractivity contribution in [2.75, 3.05) is 6.61 Å². The SMILES string of the molecule is CCOC(=O)c1csc2nc(Cc3ccccc3)nc(Cl)c12. The Morgan fingerprint density at radius 1 is 1.27 bits per heavy atom. The molecule has 4 nitrogen and oxygen atoms in total. The minimum Gasteiger partial charge on any atom is -0.462 e. The van der Waals surface area contributed by atoms with E-state index in [-0.39, 0.29) is 0 Å². The van der Waals surface area contributed by atoms with Crippen molar-refractivity contribution in [3.05, 3.63) is 57.8 Å². The van der Waals surface area contributed by atoms with Crippen LogP contribution >= 0.6 is 22.9 Å². The largest absolute Gasteiger partial charge is 0.462 e. The first kappa shape index (κ1) is 14.9. The molecule has 2 aromatic heterocycles. The van der Waals surface area contributed by atoms with Gasteiger partial charge in [0.1, 0.15) is 15.8 Å². The highest BCUT2D eigenvalue weighted by Crippen LogP contribution is 2.30. The van der Waals surface area contributed by atoms with E-state index in [1.807, 2.05) is 30.3 Å². The van der Waals surface area contributed by atoms with Gasteiger partial charge in [-0.25, -0.2) is 14.8 Å². The molecule has 0 fully saturated rings. The van der Waals surface area contributed by atoms with E-state index in [0.29, 0.717) is 39.8 Å². The molecule has 0 aliphatic rings. The first-order valence-corrected chi connectivity index (χ1v) is 8.09. The number of fused-ring (bicyclic) bond motifs is 1. The fourth-order valence-electron chi connectivity index (χ4n) is 2.16. The highest BCUT2D eigenvalue weighted by molar-refractivity contribution is 7.17. The van der Waals surface area contributed by atoms with E-state index in [1.54, 1.807) is 12.3 Å². The first-order chi connectivity index (χ1) is 10.7. The van der Waals surface area contributed by atoms with Crippen LogP contribution in [-0.4, -0.2) is 22.5 Å². The molecule has 0 aliphatic heterocycles. The number of benzene rings is 1. The van der Waals surface area contributed by atoms with E-state index in [4.69, 9.17) is 16.3 Å². The van der Waals surface area contributed by atoms with Gasteiger partial charge in [-0.05, 0) is 12.5 Å². The topological polar surface area (TPSA) is 52.1 Å². The van der Waals surface area contributed by atoms with Crippen LogP contribution in [0.5, 0.6) is 0 Å². The van der Waals surface area contributed by atoms with Gasteiger partial charge < -0.3 is 4.74 Å². The Morgan fingerprint density at radius 3 is 2.77 bits per heavy atom. The second-order valence-corrected chi connectivity index (χ2v) is 5.86. The third-order valence-corrected chi connectivity index (χ3v) is 4.28. The van der Waals surface area contributed by atoms with Crippen molar-refractivity contribution in [2.24, 2.45) is 0 Å². The van der Waals surface area contributed by atoms with Crippen LogP contribution in [0.25, 0.3) is 10.2 Å². The fraction of sp³-hybridized carbons (Fsp3) is 0.188. The monoisotopic (exact) mass is 332 g/mol. The Balaban J connectivity index is 1.98. The predicted molar refractivity (Wildman–Crippen MR) is 87.6 cm³/mol. The molecule has 0 saturated carbocycles. The Labute approximate surface area is 136 Å². The zero-order valence-electron chi connectivity index (χ0n) is 11.9. The molecule has 0 saturated heterocycles. The summed E-state index contributed by atoms with van der Waals surface area (Å²) < 4.78 is 5.03. The summed E-state index contributed by atoms with van der Waals surface area (Å²) in [6, 6.07) is 9.93. The lowest BCUT2D eigenvalue weighted by Crippen LogP contribution is -2.04. The molecule has 0 N–H and O–H groups in total. The van der Waals surface area contributed by atoms with Crippen molar-refractivity contribution in [1.82, 2.24) is 9.97 Å². The lowest BCUT2D eigenvalue weighted by molar-refractivity contribution is 0.0529. The number of nitrogens with zero attached hydrogens (tertiary/aromatic N) is 2. The zero-order chi connectivity index (χ0) is 15.5. The van der Waals surface area contributed by atoms with Gasteiger partial charge in [0.25, 0.3) is 0 Å².